The summed E-state index contributed by atoms with van der Waals surface area (Å²) in [6.07, 6.45) is 9.44. The van der Waals surface area contributed by atoms with Gasteiger partial charge in [0.2, 0.25) is 0 Å². The van der Waals surface area contributed by atoms with Crippen molar-refractivity contribution in [3.63, 3.8) is 0 Å². The number of rotatable bonds is 0. The molecule has 0 aliphatic carbocycles. The molecule has 1 N–H and O–H groups in total. The molecule has 1 heterocycles. The zero-order chi connectivity index (χ0) is 13.4. The SMILES string of the molecule is CC1CCCCCCCCC[C@H](O)[C@H](C)C(=O)O1. The summed E-state index contributed by atoms with van der Waals surface area (Å²) < 4.78 is 5.38. The number of hydrogen-bond donors (Lipinski definition) is 1. The summed E-state index contributed by atoms with van der Waals surface area (Å²) in [6, 6.07) is 0. The van der Waals surface area contributed by atoms with Crippen LogP contribution in [0.2, 0.25) is 0 Å². The highest BCUT2D eigenvalue weighted by Crippen LogP contribution is 2.18. The molecule has 0 spiro atoms. The minimum Gasteiger partial charge on any atom is -0.462 e. The minimum absolute atomic E-state index is 0.0184. The zero-order valence-corrected chi connectivity index (χ0v) is 11.9. The van der Waals surface area contributed by atoms with Crippen molar-refractivity contribution in [2.24, 2.45) is 5.92 Å². The van der Waals surface area contributed by atoms with Gasteiger partial charge in [-0.25, -0.2) is 0 Å². The first kappa shape index (κ1) is 15.5. The highest BCUT2D eigenvalue weighted by molar-refractivity contribution is 5.72. The van der Waals surface area contributed by atoms with Gasteiger partial charge in [0.1, 0.15) is 0 Å². The number of hydrogen-bond acceptors (Lipinski definition) is 3. The van der Waals surface area contributed by atoms with E-state index in [0.29, 0.717) is 6.42 Å². The Labute approximate surface area is 111 Å². The van der Waals surface area contributed by atoms with E-state index in [2.05, 4.69) is 0 Å². The third kappa shape index (κ3) is 5.85. The standard InChI is InChI=1S/C15H28O3/c1-12-10-8-6-4-3-5-7-9-11-14(16)13(2)15(17)18-12/h12-14,16H,3-11H2,1-2H3/t12?,13-,14-/m0/s1. The Balaban J connectivity index is 2.46. The number of carbonyl (C=O) groups excluding carboxylic acids is 1. The van der Waals surface area contributed by atoms with Crippen LogP contribution in [0.25, 0.3) is 0 Å². The molecular weight excluding hydrogens is 228 g/mol. The van der Waals surface area contributed by atoms with Crippen LogP contribution in [0.1, 0.15) is 71.6 Å². The van der Waals surface area contributed by atoms with Crippen LogP contribution in [0.15, 0.2) is 0 Å². The molecule has 3 nitrogen and oxygen atoms in total. The van der Waals surface area contributed by atoms with Crippen molar-refractivity contribution in [1.29, 1.82) is 0 Å². The summed E-state index contributed by atoms with van der Waals surface area (Å²) in [5.41, 5.74) is 0. The van der Waals surface area contributed by atoms with Crippen LogP contribution in [0.4, 0.5) is 0 Å². The van der Waals surface area contributed by atoms with Crippen LogP contribution >= 0.6 is 0 Å². The van der Waals surface area contributed by atoms with E-state index in [0.717, 1.165) is 25.7 Å². The van der Waals surface area contributed by atoms with E-state index in [1.807, 2.05) is 6.92 Å². The molecule has 0 radical (unpaired) electrons. The number of ether oxygens (including phenoxy) is 1. The lowest BCUT2D eigenvalue weighted by Gasteiger charge is -2.21. The Hall–Kier alpha value is -0.570. The lowest BCUT2D eigenvalue weighted by molar-refractivity contribution is -0.156. The first-order valence-corrected chi connectivity index (χ1v) is 7.50. The van der Waals surface area contributed by atoms with Crippen molar-refractivity contribution >= 4 is 5.97 Å². The second-order valence-corrected chi connectivity index (χ2v) is 5.66. The van der Waals surface area contributed by atoms with Gasteiger partial charge in [-0.3, -0.25) is 4.79 Å². The average molecular weight is 256 g/mol. The van der Waals surface area contributed by atoms with Crippen molar-refractivity contribution in [3.8, 4) is 0 Å². The average Bonchev–Trinajstić information content (AvgIpc) is 2.34. The summed E-state index contributed by atoms with van der Waals surface area (Å²) in [5, 5.41) is 9.94. The molecular formula is C15H28O3. The van der Waals surface area contributed by atoms with Crippen molar-refractivity contribution in [2.75, 3.05) is 0 Å². The molecule has 1 aliphatic rings. The molecule has 0 aromatic carbocycles. The predicted octanol–water partition coefficient (Wildman–Crippen LogP) is 3.44. The number of carbonyl (C=O) groups is 1. The maximum absolute atomic E-state index is 11.8. The van der Waals surface area contributed by atoms with Crippen molar-refractivity contribution < 1.29 is 14.6 Å². The van der Waals surface area contributed by atoms with Crippen LogP contribution in [0.3, 0.4) is 0 Å². The first-order chi connectivity index (χ1) is 8.61. The molecule has 3 heteroatoms. The van der Waals surface area contributed by atoms with E-state index in [-0.39, 0.29) is 12.1 Å². The zero-order valence-electron chi connectivity index (χ0n) is 11.9. The Morgan fingerprint density at radius 1 is 0.944 bits per heavy atom. The van der Waals surface area contributed by atoms with Crippen molar-refractivity contribution in [2.45, 2.75) is 83.8 Å². The van der Waals surface area contributed by atoms with E-state index in [4.69, 9.17) is 4.74 Å². The fraction of sp³-hybridized carbons (Fsp3) is 0.933. The third-order valence-corrected chi connectivity index (χ3v) is 3.88. The van der Waals surface area contributed by atoms with Crippen molar-refractivity contribution in [1.82, 2.24) is 0 Å². The largest absolute Gasteiger partial charge is 0.462 e. The minimum atomic E-state index is -0.548. The lowest BCUT2D eigenvalue weighted by Crippen LogP contribution is -2.29. The molecule has 1 rings (SSSR count). The monoisotopic (exact) mass is 256 g/mol. The lowest BCUT2D eigenvalue weighted by atomic mass is 9.97. The molecule has 1 unspecified atom stereocenters. The normalized spacial score (nSPS) is 33.5. The Bertz CT molecular complexity index is 240. The van der Waals surface area contributed by atoms with Crippen LogP contribution in [-0.4, -0.2) is 23.3 Å². The molecule has 1 aliphatic heterocycles. The molecule has 0 aromatic heterocycles. The Kier molecular flexibility index (Phi) is 7.33. The summed E-state index contributed by atoms with van der Waals surface area (Å²) in [6.45, 7) is 3.72. The molecule has 0 amide bonds. The summed E-state index contributed by atoms with van der Waals surface area (Å²) >= 11 is 0. The molecule has 1 fully saturated rings. The van der Waals surface area contributed by atoms with E-state index >= 15 is 0 Å². The van der Waals surface area contributed by atoms with Gasteiger partial charge in [0.25, 0.3) is 0 Å². The Morgan fingerprint density at radius 2 is 1.44 bits per heavy atom. The van der Waals surface area contributed by atoms with E-state index in [1.165, 1.54) is 25.7 Å². The van der Waals surface area contributed by atoms with Crippen molar-refractivity contribution in [3.05, 3.63) is 0 Å². The molecule has 0 saturated carbocycles. The topological polar surface area (TPSA) is 46.5 Å². The maximum Gasteiger partial charge on any atom is 0.311 e. The molecule has 1 saturated heterocycles. The highest BCUT2D eigenvalue weighted by atomic mass is 16.5. The Morgan fingerprint density at radius 3 is 2.06 bits per heavy atom. The van der Waals surface area contributed by atoms with Crippen LogP contribution in [-0.2, 0) is 9.53 Å². The smallest absolute Gasteiger partial charge is 0.311 e. The van der Waals surface area contributed by atoms with Gasteiger partial charge in [-0.1, -0.05) is 38.5 Å². The predicted molar refractivity (Wildman–Crippen MR) is 72.3 cm³/mol. The molecule has 3 atom stereocenters. The fourth-order valence-electron chi connectivity index (χ4n) is 2.44. The van der Waals surface area contributed by atoms with Gasteiger partial charge >= 0.3 is 5.97 Å². The maximum atomic E-state index is 11.8. The number of esters is 1. The second-order valence-electron chi connectivity index (χ2n) is 5.66. The van der Waals surface area contributed by atoms with Crippen LogP contribution in [0, 0.1) is 5.92 Å². The summed E-state index contributed by atoms with van der Waals surface area (Å²) in [4.78, 5) is 11.8. The van der Waals surface area contributed by atoms with Gasteiger partial charge in [0.15, 0.2) is 0 Å². The third-order valence-electron chi connectivity index (χ3n) is 3.88. The second kappa shape index (κ2) is 8.52. The van der Waals surface area contributed by atoms with Gasteiger partial charge in [0, 0.05) is 0 Å². The number of aliphatic hydroxyl groups is 1. The van der Waals surface area contributed by atoms with E-state index in [9.17, 15) is 9.90 Å². The quantitative estimate of drug-likeness (QED) is 0.675. The first-order valence-electron chi connectivity index (χ1n) is 7.50. The van der Waals surface area contributed by atoms with E-state index < -0.39 is 12.0 Å². The summed E-state index contributed by atoms with van der Waals surface area (Å²) in [5.74, 6) is -0.637. The van der Waals surface area contributed by atoms with Gasteiger partial charge in [-0.2, -0.15) is 0 Å². The molecule has 106 valence electrons. The van der Waals surface area contributed by atoms with Gasteiger partial charge in [0.05, 0.1) is 18.1 Å². The van der Waals surface area contributed by atoms with Gasteiger partial charge in [-0.15, -0.1) is 0 Å². The summed E-state index contributed by atoms with van der Waals surface area (Å²) in [7, 11) is 0. The van der Waals surface area contributed by atoms with Crippen LogP contribution in [0.5, 0.6) is 0 Å². The molecule has 0 bridgehead atoms. The molecule has 0 aromatic rings. The molecule has 18 heavy (non-hydrogen) atoms. The van der Waals surface area contributed by atoms with Crippen LogP contribution < -0.4 is 0 Å². The highest BCUT2D eigenvalue weighted by Gasteiger charge is 2.24. The number of aliphatic hydroxyl groups excluding tert-OH is 1. The number of cyclic esters (lactones) is 1. The fourth-order valence-corrected chi connectivity index (χ4v) is 2.44. The van der Waals surface area contributed by atoms with Gasteiger partial charge in [-0.05, 0) is 33.1 Å². The van der Waals surface area contributed by atoms with Gasteiger partial charge < -0.3 is 9.84 Å². The van der Waals surface area contributed by atoms with E-state index in [1.54, 1.807) is 6.92 Å².